The van der Waals surface area contributed by atoms with Crippen LogP contribution in [0.5, 0.6) is 0 Å². The van der Waals surface area contributed by atoms with Crippen LogP contribution in [-0.4, -0.2) is 22.7 Å². The zero-order valence-electron chi connectivity index (χ0n) is 8.70. The summed E-state index contributed by atoms with van der Waals surface area (Å²) >= 11 is 7.23. The maximum Gasteiger partial charge on any atom is 0.257 e. The topological polar surface area (TPSA) is 51.2 Å². The molecule has 0 saturated heterocycles. The van der Waals surface area contributed by atoms with Gasteiger partial charge in [0.05, 0.1) is 0 Å². The van der Waals surface area contributed by atoms with Crippen LogP contribution in [0.1, 0.15) is 15.9 Å². The number of carbonyl (C=O) groups is 1. The average Bonchev–Trinajstić information content (AvgIpc) is 2.16. The fraction of sp³-hybridized carbons (Fsp3) is 0.300. The third-order valence-corrected chi connectivity index (χ3v) is 7.06. The van der Waals surface area contributed by atoms with Gasteiger partial charge in [0.1, 0.15) is 0 Å². The number of benzene rings is 1. The van der Waals surface area contributed by atoms with Crippen LogP contribution >= 0.6 is 34.2 Å². The molecule has 0 heterocycles. The van der Waals surface area contributed by atoms with E-state index in [1.165, 1.54) is 22.6 Å². The van der Waals surface area contributed by atoms with Crippen molar-refractivity contribution in [2.24, 2.45) is 0 Å². The molecular weight excluding hydrogens is 363 g/mol. The van der Waals surface area contributed by atoms with Crippen molar-refractivity contribution >= 4 is 49.8 Å². The number of Topliss-reactive ketones (excluding diaryl/α,β-unsaturated/α-hetero) is 1. The van der Waals surface area contributed by atoms with Gasteiger partial charge in [0.2, 0.25) is 5.78 Å². The highest BCUT2D eigenvalue weighted by Gasteiger charge is 2.43. The second kappa shape index (κ2) is 4.62. The van der Waals surface area contributed by atoms with Crippen LogP contribution < -0.4 is 0 Å². The fourth-order valence-electron chi connectivity index (χ4n) is 1.04. The first-order chi connectivity index (χ1) is 7.16. The van der Waals surface area contributed by atoms with Crippen LogP contribution in [0.25, 0.3) is 0 Å². The van der Waals surface area contributed by atoms with Crippen LogP contribution in [0, 0.1) is 6.92 Å². The zero-order valence-corrected chi connectivity index (χ0v) is 12.4. The van der Waals surface area contributed by atoms with Crippen molar-refractivity contribution in [1.82, 2.24) is 0 Å². The summed E-state index contributed by atoms with van der Waals surface area (Å²) in [5.41, 5.74) is 1.28. The average molecular weight is 373 g/mol. The van der Waals surface area contributed by atoms with E-state index in [0.29, 0.717) is 5.56 Å². The van der Waals surface area contributed by atoms with Gasteiger partial charge < -0.3 is 0 Å². The van der Waals surface area contributed by atoms with Crippen molar-refractivity contribution in [1.29, 1.82) is 0 Å². The van der Waals surface area contributed by atoms with E-state index in [2.05, 4.69) is 0 Å². The number of alkyl halides is 2. The molecule has 0 aliphatic rings. The number of hydrogen-bond acceptors (Lipinski definition) is 3. The second-order valence-electron chi connectivity index (χ2n) is 3.48. The summed E-state index contributed by atoms with van der Waals surface area (Å²) in [6.07, 6.45) is 0.943. The van der Waals surface area contributed by atoms with E-state index >= 15 is 0 Å². The maximum atomic E-state index is 11.9. The van der Waals surface area contributed by atoms with Gasteiger partial charge in [0.15, 0.2) is 9.84 Å². The van der Waals surface area contributed by atoms with Gasteiger partial charge in [0.25, 0.3) is 2.21 Å². The summed E-state index contributed by atoms with van der Waals surface area (Å²) < 4.78 is 20.8. The standard InChI is InChI=1S/C10H10ClIO3S/c1-7-3-5-8(6-4-7)9(13)10(11,12)16(2,14)15/h3-6H,1-2H3. The van der Waals surface area contributed by atoms with E-state index in [-0.39, 0.29) is 0 Å². The van der Waals surface area contributed by atoms with Gasteiger partial charge >= 0.3 is 0 Å². The predicted molar refractivity (Wildman–Crippen MR) is 73.0 cm³/mol. The summed E-state index contributed by atoms with van der Waals surface area (Å²) in [7, 11) is -3.66. The molecule has 0 spiro atoms. The molecule has 16 heavy (non-hydrogen) atoms. The molecule has 1 aromatic rings. The van der Waals surface area contributed by atoms with E-state index in [1.807, 2.05) is 6.92 Å². The molecular formula is C10H10ClIO3S. The summed E-state index contributed by atoms with van der Waals surface area (Å²) in [6.45, 7) is 1.88. The number of sulfone groups is 1. The Hall–Kier alpha value is -0.140. The molecule has 0 bridgehead atoms. The molecule has 3 nitrogen and oxygen atoms in total. The Morgan fingerprint density at radius 3 is 2.12 bits per heavy atom. The molecule has 0 fully saturated rings. The number of carbonyl (C=O) groups excluding carboxylic acids is 1. The van der Waals surface area contributed by atoms with E-state index in [1.54, 1.807) is 24.3 Å². The Morgan fingerprint density at radius 1 is 1.31 bits per heavy atom. The lowest BCUT2D eigenvalue weighted by atomic mass is 10.1. The number of rotatable bonds is 3. The minimum absolute atomic E-state index is 0.292. The molecule has 6 heteroatoms. The summed E-state index contributed by atoms with van der Waals surface area (Å²) in [4.78, 5) is 11.9. The minimum atomic E-state index is -3.66. The second-order valence-corrected chi connectivity index (χ2v) is 9.42. The summed E-state index contributed by atoms with van der Waals surface area (Å²) in [5, 5.41) is 0. The Kier molecular flexibility index (Phi) is 4.02. The van der Waals surface area contributed by atoms with Gasteiger partial charge in [-0.2, -0.15) is 0 Å². The fourth-order valence-corrected chi connectivity index (χ4v) is 1.92. The molecule has 0 aliphatic carbocycles. The number of aryl methyl sites for hydroxylation is 1. The van der Waals surface area contributed by atoms with Gasteiger partial charge in [0, 0.05) is 11.8 Å². The highest BCUT2D eigenvalue weighted by atomic mass is 127. The Bertz CT molecular complexity index is 505. The lowest BCUT2D eigenvalue weighted by molar-refractivity contribution is 0.100. The summed E-state index contributed by atoms with van der Waals surface area (Å²) in [6, 6.07) is 6.61. The van der Waals surface area contributed by atoms with Gasteiger partial charge in [-0.15, -0.1) is 0 Å². The molecule has 0 amide bonds. The molecule has 0 aromatic heterocycles. The summed E-state index contributed by atoms with van der Waals surface area (Å²) in [5.74, 6) is -0.614. The first-order valence-electron chi connectivity index (χ1n) is 4.35. The Balaban J connectivity index is 3.18. The highest BCUT2D eigenvalue weighted by Crippen LogP contribution is 2.34. The molecule has 1 unspecified atom stereocenters. The number of hydrogen-bond donors (Lipinski definition) is 0. The van der Waals surface area contributed by atoms with Crippen molar-refractivity contribution in [3.05, 3.63) is 35.4 Å². The van der Waals surface area contributed by atoms with Crippen molar-refractivity contribution < 1.29 is 13.2 Å². The zero-order chi connectivity index (χ0) is 12.6. The van der Waals surface area contributed by atoms with Crippen molar-refractivity contribution in [3.8, 4) is 0 Å². The van der Waals surface area contributed by atoms with Crippen LogP contribution in [-0.2, 0) is 9.84 Å². The van der Waals surface area contributed by atoms with E-state index < -0.39 is 17.8 Å². The largest absolute Gasteiger partial charge is 0.290 e. The Labute approximate surface area is 113 Å². The first-order valence-corrected chi connectivity index (χ1v) is 7.70. The lowest BCUT2D eigenvalue weighted by Crippen LogP contribution is -2.34. The number of ketones is 1. The first kappa shape index (κ1) is 13.9. The van der Waals surface area contributed by atoms with Crippen molar-refractivity contribution in [2.75, 3.05) is 6.26 Å². The quantitative estimate of drug-likeness (QED) is 0.465. The number of halogens is 2. The normalized spacial score (nSPS) is 15.5. The molecule has 0 aliphatic heterocycles. The van der Waals surface area contributed by atoms with Gasteiger partial charge in [-0.05, 0) is 29.5 Å². The van der Waals surface area contributed by atoms with Gasteiger partial charge in [-0.1, -0.05) is 41.4 Å². The van der Waals surface area contributed by atoms with Gasteiger partial charge in [-0.25, -0.2) is 8.42 Å². The van der Waals surface area contributed by atoms with E-state index in [0.717, 1.165) is 11.8 Å². The van der Waals surface area contributed by atoms with Crippen LogP contribution in [0.2, 0.25) is 0 Å². The monoisotopic (exact) mass is 372 g/mol. The van der Waals surface area contributed by atoms with E-state index in [9.17, 15) is 13.2 Å². The molecule has 1 atom stereocenters. The lowest BCUT2D eigenvalue weighted by Gasteiger charge is -2.16. The third-order valence-electron chi connectivity index (χ3n) is 2.04. The molecule has 88 valence electrons. The van der Waals surface area contributed by atoms with Gasteiger partial charge in [-0.3, -0.25) is 4.79 Å². The predicted octanol–water partition coefficient (Wildman–Crippen LogP) is 2.55. The van der Waals surface area contributed by atoms with Crippen LogP contribution in [0.3, 0.4) is 0 Å². The van der Waals surface area contributed by atoms with Crippen LogP contribution in [0.4, 0.5) is 0 Å². The van der Waals surface area contributed by atoms with Crippen LogP contribution in [0.15, 0.2) is 24.3 Å². The minimum Gasteiger partial charge on any atom is -0.290 e. The maximum absolute atomic E-state index is 11.9. The molecule has 0 radical (unpaired) electrons. The van der Waals surface area contributed by atoms with E-state index in [4.69, 9.17) is 11.6 Å². The molecule has 1 aromatic carbocycles. The molecule has 1 rings (SSSR count). The highest BCUT2D eigenvalue weighted by molar-refractivity contribution is 14.1. The molecule has 0 N–H and O–H groups in total. The third kappa shape index (κ3) is 2.75. The van der Waals surface area contributed by atoms with Crippen molar-refractivity contribution in [2.45, 2.75) is 9.14 Å². The smallest absolute Gasteiger partial charge is 0.257 e. The molecule has 0 saturated carbocycles. The Morgan fingerprint density at radius 2 is 1.75 bits per heavy atom. The van der Waals surface area contributed by atoms with Crippen molar-refractivity contribution in [3.63, 3.8) is 0 Å². The SMILES string of the molecule is Cc1ccc(C(=O)C(Cl)(I)S(C)(=O)=O)cc1.